The quantitative estimate of drug-likeness (QED) is 0.362. The van der Waals surface area contributed by atoms with Crippen molar-refractivity contribution in [2.75, 3.05) is 11.9 Å². The molecule has 6 nitrogen and oxygen atoms in total. The van der Waals surface area contributed by atoms with Crippen LogP contribution in [0.25, 0.3) is 11.3 Å². The number of nitro benzene ring substituents is 1. The first-order chi connectivity index (χ1) is 13.0. The molecular weight excluding hydrogens is 387 g/mol. The Morgan fingerprint density at radius 3 is 2.85 bits per heavy atom. The molecule has 2 aromatic carbocycles. The SMILES string of the molecule is O=[N+]([O-])c1cccc(-c2csc(NC(=S)NCCc3cccc(F)c3)n2)c1. The van der Waals surface area contributed by atoms with E-state index in [1.807, 2.05) is 6.07 Å². The first-order valence-electron chi connectivity index (χ1n) is 8.01. The van der Waals surface area contributed by atoms with E-state index in [-0.39, 0.29) is 11.5 Å². The minimum atomic E-state index is -0.438. The Hall–Kier alpha value is -2.91. The van der Waals surface area contributed by atoms with Gasteiger partial charge in [-0.05, 0) is 36.3 Å². The Labute approximate surface area is 164 Å². The van der Waals surface area contributed by atoms with Gasteiger partial charge in [0.15, 0.2) is 10.2 Å². The minimum absolute atomic E-state index is 0.0181. The highest BCUT2D eigenvalue weighted by Gasteiger charge is 2.10. The molecule has 0 spiro atoms. The molecule has 0 saturated carbocycles. The van der Waals surface area contributed by atoms with E-state index in [0.717, 1.165) is 5.56 Å². The summed E-state index contributed by atoms with van der Waals surface area (Å²) in [5.74, 6) is -0.260. The lowest BCUT2D eigenvalue weighted by molar-refractivity contribution is -0.384. The molecule has 0 amide bonds. The molecule has 3 aromatic rings. The van der Waals surface area contributed by atoms with Crippen LogP contribution in [0.15, 0.2) is 53.9 Å². The third-order valence-corrected chi connectivity index (χ3v) is 4.67. The average Bonchev–Trinajstić information content (AvgIpc) is 3.10. The predicted molar refractivity (Wildman–Crippen MR) is 109 cm³/mol. The molecular formula is C18H15FN4O2S2. The third-order valence-electron chi connectivity index (χ3n) is 3.67. The molecule has 0 unspecified atom stereocenters. The first kappa shape index (κ1) is 18.9. The monoisotopic (exact) mass is 402 g/mol. The van der Waals surface area contributed by atoms with E-state index >= 15 is 0 Å². The number of nitrogens with zero attached hydrogens (tertiary/aromatic N) is 2. The van der Waals surface area contributed by atoms with E-state index in [4.69, 9.17) is 12.2 Å². The fraction of sp³-hybridized carbons (Fsp3) is 0.111. The number of benzene rings is 2. The number of hydrogen-bond acceptors (Lipinski definition) is 5. The maximum Gasteiger partial charge on any atom is 0.270 e. The van der Waals surface area contributed by atoms with Gasteiger partial charge in [-0.1, -0.05) is 24.3 Å². The molecule has 0 fully saturated rings. The van der Waals surface area contributed by atoms with E-state index in [1.54, 1.807) is 23.6 Å². The van der Waals surface area contributed by atoms with Crippen LogP contribution in [0.1, 0.15) is 5.56 Å². The van der Waals surface area contributed by atoms with Crippen LogP contribution in [0, 0.1) is 15.9 Å². The van der Waals surface area contributed by atoms with Crippen LogP contribution in [0.5, 0.6) is 0 Å². The Morgan fingerprint density at radius 2 is 2.07 bits per heavy atom. The Bertz CT molecular complexity index is 977. The summed E-state index contributed by atoms with van der Waals surface area (Å²) in [6.45, 7) is 0.554. The van der Waals surface area contributed by atoms with Crippen molar-refractivity contribution in [1.82, 2.24) is 10.3 Å². The van der Waals surface area contributed by atoms with Gasteiger partial charge < -0.3 is 10.6 Å². The van der Waals surface area contributed by atoms with Gasteiger partial charge in [-0.15, -0.1) is 11.3 Å². The molecule has 0 aliphatic heterocycles. The molecule has 2 N–H and O–H groups in total. The lowest BCUT2D eigenvalue weighted by Gasteiger charge is -2.08. The molecule has 0 aliphatic rings. The average molecular weight is 402 g/mol. The number of non-ortho nitro benzene ring substituents is 1. The summed E-state index contributed by atoms with van der Waals surface area (Å²) >= 11 is 6.59. The largest absolute Gasteiger partial charge is 0.362 e. The van der Waals surface area contributed by atoms with Crippen LogP contribution < -0.4 is 10.6 Å². The molecule has 9 heteroatoms. The second-order valence-electron chi connectivity index (χ2n) is 5.61. The highest BCUT2D eigenvalue weighted by Crippen LogP contribution is 2.27. The summed E-state index contributed by atoms with van der Waals surface area (Å²) in [5, 5.41) is 19.7. The summed E-state index contributed by atoms with van der Waals surface area (Å²) in [4.78, 5) is 14.9. The van der Waals surface area contributed by atoms with Gasteiger partial charge >= 0.3 is 0 Å². The van der Waals surface area contributed by atoms with Crippen molar-refractivity contribution in [1.29, 1.82) is 0 Å². The number of aromatic nitrogens is 1. The molecule has 0 bridgehead atoms. The maximum atomic E-state index is 13.1. The van der Waals surface area contributed by atoms with Crippen LogP contribution in [-0.4, -0.2) is 21.6 Å². The van der Waals surface area contributed by atoms with Crippen molar-refractivity contribution in [3.63, 3.8) is 0 Å². The van der Waals surface area contributed by atoms with Crippen molar-refractivity contribution in [3.8, 4) is 11.3 Å². The van der Waals surface area contributed by atoms with Crippen LogP contribution >= 0.6 is 23.6 Å². The third kappa shape index (κ3) is 5.28. The zero-order chi connectivity index (χ0) is 19.2. The summed E-state index contributed by atoms with van der Waals surface area (Å²) < 4.78 is 13.1. The Balaban J connectivity index is 1.55. The number of hydrogen-bond donors (Lipinski definition) is 2. The Kier molecular flexibility index (Phi) is 6.05. The number of nitro groups is 1. The zero-order valence-corrected chi connectivity index (χ0v) is 15.6. The summed E-state index contributed by atoms with van der Waals surface area (Å²) in [6, 6.07) is 12.7. The first-order valence-corrected chi connectivity index (χ1v) is 9.30. The molecule has 27 heavy (non-hydrogen) atoms. The molecule has 0 aliphatic carbocycles. The lowest BCUT2D eigenvalue weighted by Crippen LogP contribution is -2.30. The molecule has 138 valence electrons. The van der Waals surface area contributed by atoms with E-state index in [0.29, 0.717) is 34.5 Å². The normalized spacial score (nSPS) is 10.4. The van der Waals surface area contributed by atoms with E-state index < -0.39 is 4.92 Å². The van der Waals surface area contributed by atoms with Gasteiger partial charge in [-0.3, -0.25) is 10.1 Å². The minimum Gasteiger partial charge on any atom is -0.362 e. The van der Waals surface area contributed by atoms with E-state index in [2.05, 4.69) is 15.6 Å². The van der Waals surface area contributed by atoms with Crippen molar-refractivity contribution < 1.29 is 9.31 Å². The molecule has 1 aromatic heterocycles. The van der Waals surface area contributed by atoms with Crippen LogP contribution in [0.2, 0.25) is 0 Å². The van der Waals surface area contributed by atoms with Gasteiger partial charge in [0.05, 0.1) is 10.6 Å². The fourth-order valence-electron chi connectivity index (χ4n) is 2.40. The second-order valence-corrected chi connectivity index (χ2v) is 6.87. The van der Waals surface area contributed by atoms with E-state index in [1.165, 1.54) is 35.6 Å². The van der Waals surface area contributed by atoms with Gasteiger partial charge in [-0.25, -0.2) is 9.37 Å². The molecule has 0 atom stereocenters. The number of rotatable bonds is 6. The van der Waals surface area contributed by atoms with E-state index in [9.17, 15) is 14.5 Å². The molecule has 1 heterocycles. The fourth-order valence-corrected chi connectivity index (χ4v) is 3.38. The Morgan fingerprint density at radius 1 is 1.26 bits per heavy atom. The van der Waals surface area contributed by atoms with Gasteiger partial charge in [0.2, 0.25) is 0 Å². The van der Waals surface area contributed by atoms with Crippen molar-refractivity contribution >= 4 is 39.5 Å². The van der Waals surface area contributed by atoms with Crippen molar-refractivity contribution in [3.05, 3.63) is 75.4 Å². The van der Waals surface area contributed by atoms with Gasteiger partial charge in [0.25, 0.3) is 5.69 Å². The topological polar surface area (TPSA) is 80.1 Å². The lowest BCUT2D eigenvalue weighted by atomic mass is 10.1. The van der Waals surface area contributed by atoms with Crippen molar-refractivity contribution in [2.45, 2.75) is 6.42 Å². The van der Waals surface area contributed by atoms with Gasteiger partial charge in [0, 0.05) is 29.6 Å². The number of nitrogens with one attached hydrogen (secondary N) is 2. The predicted octanol–water partition coefficient (Wildman–Crippen LogP) is 4.39. The molecule has 0 saturated heterocycles. The van der Waals surface area contributed by atoms with Crippen LogP contribution in [-0.2, 0) is 6.42 Å². The van der Waals surface area contributed by atoms with Gasteiger partial charge in [-0.2, -0.15) is 0 Å². The zero-order valence-electron chi connectivity index (χ0n) is 14.0. The summed E-state index contributed by atoms with van der Waals surface area (Å²) in [7, 11) is 0. The van der Waals surface area contributed by atoms with Crippen molar-refractivity contribution in [2.24, 2.45) is 0 Å². The summed E-state index contributed by atoms with van der Waals surface area (Å²) in [5.41, 5.74) is 2.20. The van der Waals surface area contributed by atoms with Crippen LogP contribution in [0.4, 0.5) is 15.2 Å². The number of anilines is 1. The second kappa shape index (κ2) is 8.65. The standard InChI is InChI=1S/C18H15FN4O2S2/c19-14-5-1-3-12(9-14)7-8-20-17(26)22-18-21-16(11-27-18)13-4-2-6-15(10-13)23(24)25/h1-6,9-11H,7-8H2,(H2,20,21,22,26). The molecule has 0 radical (unpaired) electrons. The highest BCUT2D eigenvalue weighted by molar-refractivity contribution is 7.80. The maximum absolute atomic E-state index is 13.1. The highest BCUT2D eigenvalue weighted by atomic mass is 32.1. The molecule has 3 rings (SSSR count). The summed E-state index contributed by atoms with van der Waals surface area (Å²) in [6.07, 6.45) is 0.635. The van der Waals surface area contributed by atoms with Gasteiger partial charge in [0.1, 0.15) is 5.82 Å². The smallest absolute Gasteiger partial charge is 0.270 e. The number of thiazole rings is 1. The number of thiocarbonyl (C=S) groups is 1. The van der Waals surface area contributed by atoms with Crippen LogP contribution in [0.3, 0.4) is 0 Å². The number of halogens is 1.